The fourth-order valence-corrected chi connectivity index (χ4v) is 3.30. The molecule has 1 spiro atoms. The first-order valence-corrected chi connectivity index (χ1v) is 7.29. The average molecular weight is 291 g/mol. The predicted octanol–water partition coefficient (Wildman–Crippen LogP) is 1.35. The van der Waals surface area contributed by atoms with Crippen LogP contribution in [-0.2, 0) is 4.79 Å². The van der Waals surface area contributed by atoms with E-state index in [0.717, 1.165) is 32.0 Å². The van der Waals surface area contributed by atoms with Crippen molar-refractivity contribution in [3.63, 3.8) is 0 Å². The molecule has 0 aliphatic carbocycles. The molecule has 1 atom stereocenters. The Morgan fingerprint density at radius 3 is 2.86 bits per heavy atom. The van der Waals surface area contributed by atoms with Crippen LogP contribution in [0.25, 0.3) is 0 Å². The van der Waals surface area contributed by atoms with Gasteiger partial charge in [-0.05, 0) is 31.7 Å². The lowest BCUT2D eigenvalue weighted by Crippen LogP contribution is -2.35. The number of carbonyl (C=O) groups is 2. The number of halogens is 1. The molecule has 3 rings (SSSR count). The maximum Gasteiger partial charge on any atom is 0.255 e. The third-order valence-corrected chi connectivity index (χ3v) is 4.55. The number of likely N-dealkylation sites (tertiary alicyclic amines) is 1. The summed E-state index contributed by atoms with van der Waals surface area (Å²) in [5.41, 5.74) is -0.0447. The van der Waals surface area contributed by atoms with Gasteiger partial charge in [-0.1, -0.05) is 0 Å². The summed E-state index contributed by atoms with van der Waals surface area (Å²) in [5.74, 6) is -0.607. The number of amides is 2. The zero-order valence-corrected chi connectivity index (χ0v) is 11.8. The minimum absolute atomic E-state index is 0.115. The van der Waals surface area contributed by atoms with Gasteiger partial charge < -0.3 is 10.2 Å². The van der Waals surface area contributed by atoms with E-state index in [4.69, 9.17) is 0 Å². The summed E-state index contributed by atoms with van der Waals surface area (Å²) in [6, 6.07) is 1.21. The summed E-state index contributed by atoms with van der Waals surface area (Å²) < 4.78 is 13.2. The molecule has 2 amide bonds. The summed E-state index contributed by atoms with van der Waals surface area (Å²) >= 11 is 0. The van der Waals surface area contributed by atoms with Crippen LogP contribution in [0, 0.1) is 11.2 Å². The molecule has 1 N–H and O–H groups in total. The van der Waals surface area contributed by atoms with Gasteiger partial charge in [0.2, 0.25) is 5.91 Å². The van der Waals surface area contributed by atoms with Crippen LogP contribution >= 0.6 is 0 Å². The van der Waals surface area contributed by atoms with Gasteiger partial charge in [0.15, 0.2) is 0 Å². The summed E-state index contributed by atoms with van der Waals surface area (Å²) in [7, 11) is 0. The second-order valence-corrected chi connectivity index (χ2v) is 5.82. The van der Waals surface area contributed by atoms with Crippen LogP contribution in [0.4, 0.5) is 4.39 Å². The van der Waals surface area contributed by atoms with E-state index in [9.17, 15) is 14.0 Å². The van der Waals surface area contributed by atoms with Crippen LogP contribution in [0.15, 0.2) is 18.5 Å². The lowest BCUT2D eigenvalue weighted by molar-refractivity contribution is -0.128. The number of aromatic nitrogens is 1. The normalized spacial score (nSPS) is 25.8. The zero-order valence-electron chi connectivity index (χ0n) is 11.8. The van der Waals surface area contributed by atoms with E-state index in [0.29, 0.717) is 19.5 Å². The molecular weight excluding hydrogens is 273 g/mol. The van der Waals surface area contributed by atoms with Gasteiger partial charge in [0.05, 0.1) is 17.2 Å². The predicted molar refractivity (Wildman–Crippen MR) is 74.0 cm³/mol. The van der Waals surface area contributed by atoms with E-state index in [2.05, 4.69) is 10.3 Å². The van der Waals surface area contributed by atoms with Crippen LogP contribution in [-0.4, -0.2) is 41.3 Å². The van der Waals surface area contributed by atoms with Crippen LogP contribution in [0.5, 0.6) is 0 Å². The van der Waals surface area contributed by atoms with Crippen molar-refractivity contribution < 1.29 is 14.0 Å². The highest BCUT2D eigenvalue weighted by molar-refractivity contribution is 5.94. The summed E-state index contributed by atoms with van der Waals surface area (Å²) in [6.45, 7) is 1.85. The molecule has 2 aliphatic rings. The molecule has 0 aromatic carbocycles. The number of nitrogens with one attached hydrogen (secondary N) is 1. The Kier molecular flexibility index (Phi) is 3.61. The Balaban J connectivity index is 1.73. The number of pyridine rings is 1. The molecule has 2 fully saturated rings. The first kappa shape index (κ1) is 14.0. The van der Waals surface area contributed by atoms with Gasteiger partial charge in [0.1, 0.15) is 5.82 Å². The lowest BCUT2D eigenvalue weighted by atomic mass is 9.79. The largest absolute Gasteiger partial charge is 0.356 e. The molecular formula is C15H18FN3O2. The minimum Gasteiger partial charge on any atom is -0.356 e. The highest BCUT2D eigenvalue weighted by atomic mass is 19.1. The van der Waals surface area contributed by atoms with E-state index in [1.165, 1.54) is 12.3 Å². The number of hydrogen-bond donors (Lipinski definition) is 1. The maximum atomic E-state index is 13.2. The molecule has 21 heavy (non-hydrogen) atoms. The van der Waals surface area contributed by atoms with E-state index in [-0.39, 0.29) is 22.8 Å². The highest BCUT2D eigenvalue weighted by Gasteiger charge is 2.43. The molecule has 0 saturated carbocycles. The molecule has 0 unspecified atom stereocenters. The van der Waals surface area contributed by atoms with Gasteiger partial charge in [-0.3, -0.25) is 14.6 Å². The number of hydrogen-bond acceptors (Lipinski definition) is 3. The maximum absolute atomic E-state index is 13.2. The molecule has 112 valence electrons. The summed E-state index contributed by atoms with van der Waals surface area (Å²) in [6.07, 6.45) is 5.58. The van der Waals surface area contributed by atoms with Crippen molar-refractivity contribution in [3.05, 3.63) is 29.8 Å². The third kappa shape index (κ3) is 2.62. The first-order valence-electron chi connectivity index (χ1n) is 7.29. The van der Waals surface area contributed by atoms with Crippen molar-refractivity contribution >= 4 is 11.8 Å². The van der Waals surface area contributed by atoms with Gasteiger partial charge in [-0.2, -0.15) is 0 Å². The summed E-state index contributed by atoms with van der Waals surface area (Å²) in [5, 5.41) is 2.89. The Hall–Kier alpha value is -1.98. The summed E-state index contributed by atoms with van der Waals surface area (Å²) in [4.78, 5) is 29.9. The topological polar surface area (TPSA) is 62.3 Å². The van der Waals surface area contributed by atoms with Gasteiger partial charge in [-0.25, -0.2) is 4.39 Å². The molecule has 1 aromatic heterocycles. The average Bonchev–Trinajstić information content (AvgIpc) is 2.71. The van der Waals surface area contributed by atoms with Crippen LogP contribution < -0.4 is 5.32 Å². The third-order valence-electron chi connectivity index (χ3n) is 4.55. The Morgan fingerprint density at radius 1 is 1.29 bits per heavy atom. The van der Waals surface area contributed by atoms with Crippen LogP contribution in [0.1, 0.15) is 36.0 Å². The lowest BCUT2D eigenvalue weighted by Gasteiger charge is -2.24. The molecule has 1 aromatic rings. The van der Waals surface area contributed by atoms with Crippen molar-refractivity contribution in [1.29, 1.82) is 0 Å². The van der Waals surface area contributed by atoms with E-state index in [1.54, 1.807) is 4.90 Å². The fraction of sp³-hybridized carbons (Fsp3) is 0.533. The molecule has 3 heterocycles. The molecule has 6 heteroatoms. The van der Waals surface area contributed by atoms with Crippen molar-refractivity contribution in [2.24, 2.45) is 5.41 Å². The number of rotatable bonds is 1. The number of carbonyl (C=O) groups excluding carboxylic acids is 2. The van der Waals surface area contributed by atoms with Crippen molar-refractivity contribution in [1.82, 2.24) is 15.2 Å². The Morgan fingerprint density at radius 2 is 2.14 bits per heavy atom. The van der Waals surface area contributed by atoms with Gasteiger partial charge in [0, 0.05) is 25.8 Å². The second kappa shape index (κ2) is 5.42. The Labute approximate surface area is 122 Å². The van der Waals surface area contributed by atoms with E-state index < -0.39 is 5.82 Å². The molecule has 5 nitrogen and oxygen atoms in total. The van der Waals surface area contributed by atoms with Crippen molar-refractivity contribution in [3.8, 4) is 0 Å². The zero-order chi connectivity index (χ0) is 14.9. The van der Waals surface area contributed by atoms with Crippen LogP contribution in [0.2, 0.25) is 0 Å². The second-order valence-electron chi connectivity index (χ2n) is 5.82. The SMILES string of the molecule is O=C(c1cncc(F)c1)N1CCC[C@@]2(CCNC2=O)CC1. The standard InChI is InChI=1S/C15H18FN3O2/c16-12-8-11(9-17-10-12)13(20)19-6-1-2-15(4-7-19)3-5-18-14(15)21/h8-10H,1-7H2,(H,18,21)/t15-/m1/s1. The minimum atomic E-state index is -0.512. The van der Waals surface area contributed by atoms with Gasteiger partial charge in [-0.15, -0.1) is 0 Å². The Bertz CT molecular complexity index is 578. The van der Waals surface area contributed by atoms with E-state index in [1.807, 2.05) is 0 Å². The highest BCUT2D eigenvalue weighted by Crippen LogP contribution is 2.38. The van der Waals surface area contributed by atoms with Gasteiger partial charge >= 0.3 is 0 Å². The molecule has 2 saturated heterocycles. The monoisotopic (exact) mass is 291 g/mol. The van der Waals surface area contributed by atoms with Gasteiger partial charge in [0.25, 0.3) is 5.91 Å². The van der Waals surface area contributed by atoms with Crippen LogP contribution in [0.3, 0.4) is 0 Å². The molecule has 0 bridgehead atoms. The fourth-order valence-electron chi connectivity index (χ4n) is 3.30. The smallest absolute Gasteiger partial charge is 0.255 e. The van der Waals surface area contributed by atoms with Crippen molar-refractivity contribution in [2.45, 2.75) is 25.7 Å². The number of nitrogens with zero attached hydrogens (tertiary/aromatic N) is 2. The van der Waals surface area contributed by atoms with Crippen molar-refractivity contribution in [2.75, 3.05) is 19.6 Å². The quantitative estimate of drug-likeness (QED) is 0.849. The molecule has 0 radical (unpaired) electrons. The van der Waals surface area contributed by atoms with E-state index >= 15 is 0 Å². The molecule has 2 aliphatic heterocycles. The first-order chi connectivity index (χ1) is 10.1.